The van der Waals surface area contributed by atoms with Crippen LogP contribution in [0.4, 0.5) is 5.82 Å². The van der Waals surface area contributed by atoms with E-state index in [0.29, 0.717) is 11.4 Å². The van der Waals surface area contributed by atoms with E-state index in [2.05, 4.69) is 14.7 Å². The maximum absolute atomic E-state index is 11.2. The Kier molecular flexibility index (Phi) is 3.67. The number of hydrogen-bond acceptors (Lipinski definition) is 5. The minimum Gasteiger partial charge on any atom is -0.435 e. The van der Waals surface area contributed by atoms with Crippen molar-refractivity contribution in [1.82, 2.24) is 9.28 Å². The third-order valence-electron chi connectivity index (χ3n) is 1.39. The molecule has 0 unspecified atom stereocenters. The van der Waals surface area contributed by atoms with Gasteiger partial charge in [-0.25, -0.2) is 10.8 Å². The lowest BCUT2D eigenvalue weighted by molar-refractivity contribution is 0.0980. The van der Waals surface area contributed by atoms with E-state index in [0.717, 1.165) is 0 Å². The monoisotopic (exact) mass is 194 g/mol. The molecule has 6 N–H and O–H groups in total. The summed E-state index contributed by atoms with van der Waals surface area (Å²) in [7, 11) is 0. The predicted molar refractivity (Wildman–Crippen MR) is 49.5 cm³/mol. The van der Waals surface area contributed by atoms with E-state index >= 15 is 0 Å². The van der Waals surface area contributed by atoms with Crippen molar-refractivity contribution in [3.8, 4) is 0 Å². The molecule has 0 saturated heterocycles. The van der Waals surface area contributed by atoms with E-state index in [1.165, 1.54) is 6.20 Å². The topological polar surface area (TPSA) is 106 Å². The molecule has 1 aromatic heterocycles. The number of carbonyl (C=O) groups excluding carboxylic acids is 1. The summed E-state index contributed by atoms with van der Waals surface area (Å²) in [5, 5.41) is 0. The predicted octanol–water partition coefficient (Wildman–Crippen LogP) is -1.41. The van der Waals surface area contributed by atoms with Crippen molar-refractivity contribution in [2.24, 2.45) is 10.6 Å². The van der Waals surface area contributed by atoms with Crippen molar-refractivity contribution in [1.29, 1.82) is 0 Å². The molecule has 7 heteroatoms. The van der Waals surface area contributed by atoms with E-state index in [-0.39, 0.29) is 5.91 Å². The number of nitrogen functional groups attached to an aromatic ring is 1. The van der Waals surface area contributed by atoms with E-state index < -0.39 is 15.7 Å². The van der Waals surface area contributed by atoms with Gasteiger partial charge >= 0.3 is 15.7 Å². The van der Waals surface area contributed by atoms with Crippen LogP contribution in [0.2, 0.25) is 0 Å². The first kappa shape index (κ1) is 9.96. The van der Waals surface area contributed by atoms with Crippen LogP contribution in [-0.4, -0.2) is 26.6 Å². The Bertz CT molecular complexity index is 288. The normalized spacial score (nSPS) is 9.08. The van der Waals surface area contributed by atoms with Crippen molar-refractivity contribution >= 4 is 27.4 Å². The summed E-state index contributed by atoms with van der Waals surface area (Å²) in [4.78, 5) is 15.1. The number of carbonyl (C=O) groups is 1. The van der Waals surface area contributed by atoms with Gasteiger partial charge < -0.3 is 14.4 Å². The molecule has 0 aliphatic heterocycles. The summed E-state index contributed by atoms with van der Waals surface area (Å²) in [6.45, 7) is 0. The third kappa shape index (κ3) is 2.68. The fraction of sp³-hybridized carbons (Fsp3) is 0. The summed E-state index contributed by atoms with van der Waals surface area (Å²) in [5.74, 6) is 5.40. The second kappa shape index (κ2) is 4.79. The van der Waals surface area contributed by atoms with Crippen LogP contribution in [-0.2, 0) is 0 Å². The van der Waals surface area contributed by atoms with Gasteiger partial charge in [0, 0.05) is 6.20 Å². The Morgan fingerprint density at radius 2 is 2.31 bits per heavy atom. The van der Waals surface area contributed by atoms with E-state index in [1.807, 2.05) is 0 Å². The molecule has 0 aliphatic rings. The lowest BCUT2D eigenvalue weighted by Gasteiger charge is -2.02. The van der Waals surface area contributed by atoms with Crippen LogP contribution in [0, 0.1) is 0 Å². The van der Waals surface area contributed by atoms with E-state index in [1.54, 1.807) is 12.1 Å². The van der Waals surface area contributed by atoms with Crippen LogP contribution >= 0.6 is 0 Å². The Hall–Kier alpha value is -1.13. The fourth-order valence-electron chi connectivity index (χ4n) is 0.773. The number of nitrogens with zero attached hydrogens (tertiary/aromatic N) is 1. The van der Waals surface area contributed by atoms with Crippen molar-refractivity contribution in [2.45, 2.75) is 0 Å². The number of nitrogens with one attached hydrogen (secondary N) is 2. The summed E-state index contributed by atoms with van der Waals surface area (Å²) in [6.07, 6.45) is 1.43. The second-order valence-corrected chi connectivity index (χ2v) is 2.84. The van der Waals surface area contributed by atoms with E-state index in [4.69, 9.17) is 10.6 Å². The van der Waals surface area contributed by atoms with Gasteiger partial charge in [0.05, 0.1) is 5.56 Å². The third-order valence-corrected chi connectivity index (χ3v) is 1.82. The first-order valence-electron chi connectivity index (χ1n) is 3.55. The molecule has 0 aromatic carbocycles. The maximum Gasteiger partial charge on any atom is 0.497 e. The zero-order valence-electron chi connectivity index (χ0n) is 6.82. The first-order chi connectivity index (χ1) is 6.27. The lowest BCUT2D eigenvalue weighted by atomic mass is 10.3. The quantitative estimate of drug-likeness (QED) is 0.269. The molecular weight excluding hydrogens is 185 g/mol. The molecule has 0 saturated carbocycles. The Balaban J connectivity index is 2.74. The molecule has 0 spiro atoms. The van der Waals surface area contributed by atoms with Gasteiger partial charge in [-0.05, 0) is 12.1 Å². The Morgan fingerprint density at radius 1 is 1.54 bits per heavy atom. The molecule has 0 fully saturated rings. The number of amides is 1. The maximum atomic E-state index is 11.2. The van der Waals surface area contributed by atoms with Gasteiger partial charge in [0.25, 0.3) is 0 Å². The van der Waals surface area contributed by atoms with Crippen molar-refractivity contribution in [2.75, 3.05) is 5.43 Å². The minimum atomic E-state index is -0.533. The number of pyridine rings is 1. The minimum absolute atomic E-state index is 0.214. The molecule has 0 atom stereocenters. The fourth-order valence-corrected chi connectivity index (χ4v) is 1.09. The molecule has 6 nitrogen and oxygen atoms in total. The van der Waals surface area contributed by atoms with Crippen LogP contribution in [0.1, 0.15) is 10.4 Å². The lowest BCUT2D eigenvalue weighted by Crippen LogP contribution is -2.33. The van der Waals surface area contributed by atoms with Gasteiger partial charge in [-0.2, -0.15) is 0 Å². The largest absolute Gasteiger partial charge is 0.497 e. The highest BCUT2D eigenvalue weighted by Gasteiger charge is 2.04. The SMILES string of the molecule is NNc1ccc(C(=O)[NH][Al][NH2])cn1. The van der Waals surface area contributed by atoms with Gasteiger partial charge in [0.1, 0.15) is 5.82 Å². The zero-order chi connectivity index (χ0) is 9.68. The number of hydrogen-bond donors (Lipinski definition) is 4. The summed E-state index contributed by atoms with van der Waals surface area (Å²) in [5.41, 5.74) is 2.83. The van der Waals surface area contributed by atoms with Crippen LogP contribution in [0.5, 0.6) is 0 Å². The average molecular weight is 194 g/mol. The smallest absolute Gasteiger partial charge is 0.435 e. The molecule has 67 valence electrons. The molecule has 0 bridgehead atoms. The summed E-state index contributed by atoms with van der Waals surface area (Å²) >= 11 is -0.533. The van der Waals surface area contributed by atoms with Crippen molar-refractivity contribution in [3.05, 3.63) is 23.9 Å². The number of anilines is 1. The van der Waals surface area contributed by atoms with E-state index in [9.17, 15) is 4.79 Å². The van der Waals surface area contributed by atoms with Crippen LogP contribution in [0.15, 0.2) is 18.3 Å². The highest BCUT2D eigenvalue weighted by molar-refractivity contribution is 6.34. The molecule has 1 aromatic rings. The molecule has 13 heavy (non-hydrogen) atoms. The van der Waals surface area contributed by atoms with Gasteiger partial charge in [-0.1, -0.05) is 0 Å². The molecule has 1 heterocycles. The van der Waals surface area contributed by atoms with Crippen LogP contribution in [0.25, 0.3) is 0 Å². The zero-order valence-corrected chi connectivity index (χ0v) is 7.97. The molecule has 1 amide bonds. The van der Waals surface area contributed by atoms with Crippen molar-refractivity contribution in [3.63, 3.8) is 0 Å². The summed E-state index contributed by atoms with van der Waals surface area (Å²) < 4.78 is 7.75. The van der Waals surface area contributed by atoms with Gasteiger partial charge in [0.2, 0.25) is 5.91 Å². The standard InChI is InChI=1S/C6H8N4O.Al.H2N/c7-6(11)4-1-2-5(10-8)9-3-4;;/h1-3H,8H2,(H3,7,9,10,11);;1H2/q;+2;-1/p-1. The van der Waals surface area contributed by atoms with Crippen molar-refractivity contribution < 1.29 is 4.79 Å². The Labute approximate surface area is 81.8 Å². The molecule has 1 rings (SSSR count). The average Bonchev–Trinajstić information content (AvgIpc) is 2.18. The van der Waals surface area contributed by atoms with Crippen LogP contribution in [0.3, 0.4) is 0 Å². The van der Waals surface area contributed by atoms with Gasteiger partial charge in [-0.15, -0.1) is 0 Å². The highest BCUT2D eigenvalue weighted by Crippen LogP contribution is 2.02. The molecular formula is C6H9AlN5O. The number of rotatable bonds is 3. The molecule has 0 aliphatic carbocycles. The number of aromatic nitrogens is 1. The Morgan fingerprint density at radius 3 is 2.77 bits per heavy atom. The highest BCUT2D eigenvalue weighted by atomic mass is 27.1. The summed E-state index contributed by atoms with van der Waals surface area (Å²) in [6, 6.07) is 3.23. The number of hydrazine groups is 1. The van der Waals surface area contributed by atoms with Gasteiger partial charge in [0.15, 0.2) is 0 Å². The first-order valence-corrected chi connectivity index (χ1v) is 4.79. The molecule has 1 radical (unpaired) electrons. The van der Waals surface area contributed by atoms with Gasteiger partial charge in [-0.3, -0.25) is 4.79 Å². The second-order valence-electron chi connectivity index (χ2n) is 2.22. The van der Waals surface area contributed by atoms with Crippen LogP contribution < -0.4 is 20.3 Å². The number of nitrogens with two attached hydrogens (primary N) is 2.